The number of carbonyl (C=O) groups is 2. The van der Waals surface area contributed by atoms with Crippen LogP contribution in [0, 0.1) is 0 Å². The quantitative estimate of drug-likeness (QED) is 0.625. The molecule has 2 amide bonds. The predicted molar refractivity (Wildman–Crippen MR) is 125 cm³/mol. The van der Waals surface area contributed by atoms with Gasteiger partial charge in [-0.05, 0) is 55.2 Å². The molecule has 178 valence electrons. The van der Waals surface area contributed by atoms with Crippen molar-refractivity contribution in [1.29, 1.82) is 0 Å². The van der Waals surface area contributed by atoms with Crippen LogP contribution >= 0.6 is 23.2 Å². The van der Waals surface area contributed by atoms with E-state index in [1.807, 2.05) is 17.0 Å². The van der Waals surface area contributed by atoms with Crippen molar-refractivity contribution in [2.24, 2.45) is 0 Å². The van der Waals surface area contributed by atoms with Gasteiger partial charge in [0.15, 0.2) is 0 Å². The minimum absolute atomic E-state index is 0.106. The number of fused-ring (bicyclic) bond motifs is 1. The molecule has 9 heteroatoms. The van der Waals surface area contributed by atoms with Gasteiger partial charge < -0.3 is 19.9 Å². The van der Waals surface area contributed by atoms with Crippen LogP contribution in [0.2, 0.25) is 10.0 Å². The Kier molecular flexibility index (Phi) is 5.03. The van der Waals surface area contributed by atoms with Crippen molar-refractivity contribution in [3.8, 4) is 5.75 Å². The maximum absolute atomic E-state index is 12.8. The van der Waals surface area contributed by atoms with Gasteiger partial charge in [0, 0.05) is 27.6 Å². The molecule has 34 heavy (non-hydrogen) atoms. The van der Waals surface area contributed by atoms with Crippen LogP contribution in [-0.2, 0) is 9.53 Å². The van der Waals surface area contributed by atoms with Gasteiger partial charge in [0.05, 0.1) is 24.6 Å². The molecule has 2 bridgehead atoms. The van der Waals surface area contributed by atoms with Crippen LogP contribution in [0.25, 0.3) is 0 Å². The Morgan fingerprint density at radius 3 is 2.53 bits per heavy atom. The molecule has 5 aliphatic rings. The second-order valence-corrected chi connectivity index (χ2v) is 10.9. The summed E-state index contributed by atoms with van der Waals surface area (Å²) in [5, 5.41) is 14.8. The Bertz CT molecular complexity index is 1150. The molecule has 3 saturated carbocycles. The highest BCUT2D eigenvalue weighted by molar-refractivity contribution is 6.30. The molecule has 2 N–H and O–H groups in total. The second kappa shape index (κ2) is 7.77. The number of aliphatic hydroxyl groups is 1. The maximum atomic E-state index is 12.8. The van der Waals surface area contributed by atoms with Crippen LogP contribution in [0.1, 0.15) is 55.4 Å². The lowest BCUT2D eigenvalue weighted by atomic mass is 9.43. The van der Waals surface area contributed by atoms with E-state index in [2.05, 4.69) is 5.32 Å². The monoisotopic (exact) mass is 502 g/mol. The van der Waals surface area contributed by atoms with Gasteiger partial charge in [-0.3, -0.25) is 9.69 Å². The third-order valence-electron chi connectivity index (χ3n) is 7.56. The Morgan fingerprint density at radius 2 is 1.79 bits per heavy atom. The number of halogens is 2. The molecule has 7 nitrogen and oxygen atoms in total. The number of benzene rings is 2. The molecule has 2 aliphatic heterocycles. The summed E-state index contributed by atoms with van der Waals surface area (Å²) in [5.41, 5.74) is 1.07. The SMILES string of the molecule is O=C(C[C@H]1C[C@@H](O)c2cc(Cl)ccc2O1)NC12CC(N3CC(c4ccc(Cl)cc4)OC3=O)(C1)C2. The molecule has 1 unspecified atom stereocenters. The Balaban J connectivity index is 1.03. The van der Waals surface area contributed by atoms with Crippen LogP contribution in [-0.4, -0.2) is 45.7 Å². The molecule has 2 aromatic rings. The number of hydrogen-bond acceptors (Lipinski definition) is 5. The summed E-state index contributed by atoms with van der Waals surface area (Å²) in [6.45, 7) is 0.502. The number of nitrogens with zero attached hydrogens (tertiary/aromatic N) is 1. The van der Waals surface area contributed by atoms with Crippen molar-refractivity contribution in [2.45, 2.75) is 61.5 Å². The fourth-order valence-electron chi connectivity index (χ4n) is 6.02. The zero-order chi connectivity index (χ0) is 23.7. The van der Waals surface area contributed by atoms with Gasteiger partial charge in [-0.1, -0.05) is 35.3 Å². The first-order valence-electron chi connectivity index (χ1n) is 11.4. The summed E-state index contributed by atoms with van der Waals surface area (Å²) >= 11 is 12.0. The fourth-order valence-corrected chi connectivity index (χ4v) is 6.33. The molecule has 4 fully saturated rings. The summed E-state index contributed by atoms with van der Waals surface area (Å²) in [6.07, 6.45) is 0.949. The summed E-state index contributed by atoms with van der Waals surface area (Å²) in [4.78, 5) is 27.2. The van der Waals surface area contributed by atoms with E-state index < -0.39 is 12.2 Å². The van der Waals surface area contributed by atoms with Crippen LogP contribution in [0.3, 0.4) is 0 Å². The molecule has 0 spiro atoms. The molecule has 3 atom stereocenters. The van der Waals surface area contributed by atoms with E-state index >= 15 is 0 Å². The number of rotatable bonds is 5. The van der Waals surface area contributed by atoms with Crippen molar-refractivity contribution < 1.29 is 24.2 Å². The molecule has 1 saturated heterocycles. The molecule has 0 aromatic heterocycles. The van der Waals surface area contributed by atoms with Crippen LogP contribution in [0.4, 0.5) is 4.79 Å². The van der Waals surface area contributed by atoms with E-state index in [9.17, 15) is 14.7 Å². The van der Waals surface area contributed by atoms with Gasteiger partial charge >= 0.3 is 6.09 Å². The van der Waals surface area contributed by atoms with Gasteiger partial charge in [0.1, 0.15) is 18.0 Å². The van der Waals surface area contributed by atoms with Gasteiger partial charge in [-0.15, -0.1) is 0 Å². The van der Waals surface area contributed by atoms with E-state index in [0.717, 1.165) is 24.8 Å². The van der Waals surface area contributed by atoms with Crippen molar-refractivity contribution >= 4 is 35.2 Å². The van der Waals surface area contributed by atoms with Crippen molar-refractivity contribution in [3.63, 3.8) is 0 Å². The van der Waals surface area contributed by atoms with Gasteiger partial charge in [0.2, 0.25) is 5.91 Å². The molecule has 2 heterocycles. The number of amides is 2. The lowest BCUT2D eigenvalue weighted by molar-refractivity contribution is -0.166. The highest BCUT2D eigenvalue weighted by atomic mass is 35.5. The Morgan fingerprint density at radius 1 is 1.09 bits per heavy atom. The third-order valence-corrected chi connectivity index (χ3v) is 8.04. The summed E-state index contributed by atoms with van der Waals surface area (Å²) < 4.78 is 11.5. The zero-order valence-corrected chi connectivity index (χ0v) is 19.8. The van der Waals surface area contributed by atoms with E-state index in [1.165, 1.54) is 0 Å². The number of ether oxygens (including phenoxy) is 2. The average Bonchev–Trinajstić information content (AvgIpc) is 3.12. The number of carbonyl (C=O) groups excluding carboxylic acids is 2. The number of aliphatic hydroxyl groups excluding tert-OH is 1. The summed E-state index contributed by atoms with van der Waals surface area (Å²) in [6, 6.07) is 12.5. The minimum Gasteiger partial charge on any atom is -0.489 e. The van der Waals surface area contributed by atoms with E-state index in [1.54, 1.807) is 30.3 Å². The standard InChI is InChI=1S/C25H24Cl2N2O5/c26-15-3-1-14(2-4-15)21-10-29(23(32)34-21)25-11-24(12-25,13-25)28-22(31)9-17-8-19(30)18-7-16(27)5-6-20(18)33-17/h1-7,17,19,21,30H,8-13H2,(H,28,31)/t17-,19-,21?,24?,25?/m1/s1. The summed E-state index contributed by atoms with van der Waals surface area (Å²) in [5.74, 6) is 0.458. The van der Waals surface area contributed by atoms with Crippen LogP contribution in [0.5, 0.6) is 5.75 Å². The van der Waals surface area contributed by atoms with Crippen molar-refractivity contribution in [2.75, 3.05) is 6.54 Å². The summed E-state index contributed by atoms with van der Waals surface area (Å²) in [7, 11) is 0. The zero-order valence-electron chi connectivity index (χ0n) is 18.3. The van der Waals surface area contributed by atoms with Crippen LogP contribution in [0.15, 0.2) is 42.5 Å². The predicted octanol–water partition coefficient (Wildman–Crippen LogP) is 4.55. The first-order valence-corrected chi connectivity index (χ1v) is 12.2. The normalized spacial score (nSPS) is 33.2. The fraction of sp³-hybridized carbons (Fsp3) is 0.440. The first-order chi connectivity index (χ1) is 16.2. The van der Waals surface area contributed by atoms with Gasteiger partial charge in [-0.25, -0.2) is 4.79 Å². The topological polar surface area (TPSA) is 88.1 Å². The molecule has 0 radical (unpaired) electrons. The molecule has 7 rings (SSSR count). The molecular formula is C25H24Cl2N2O5. The van der Waals surface area contributed by atoms with Crippen LogP contribution < -0.4 is 10.1 Å². The average molecular weight is 503 g/mol. The molecule has 2 aromatic carbocycles. The smallest absolute Gasteiger partial charge is 0.411 e. The lowest BCUT2D eigenvalue weighted by Gasteiger charge is -2.72. The molecule has 3 aliphatic carbocycles. The number of hydrogen-bond donors (Lipinski definition) is 2. The highest BCUT2D eigenvalue weighted by Crippen LogP contribution is 2.64. The molecular weight excluding hydrogens is 479 g/mol. The lowest BCUT2D eigenvalue weighted by Crippen LogP contribution is -2.83. The van der Waals surface area contributed by atoms with Gasteiger partial charge in [-0.2, -0.15) is 0 Å². The first kappa shape index (κ1) is 22.0. The van der Waals surface area contributed by atoms with E-state index in [-0.39, 0.29) is 35.6 Å². The maximum Gasteiger partial charge on any atom is 0.411 e. The van der Waals surface area contributed by atoms with E-state index in [4.69, 9.17) is 32.7 Å². The van der Waals surface area contributed by atoms with Gasteiger partial charge in [0.25, 0.3) is 0 Å². The van der Waals surface area contributed by atoms with Crippen molar-refractivity contribution in [3.05, 3.63) is 63.6 Å². The largest absolute Gasteiger partial charge is 0.489 e. The number of nitrogens with one attached hydrogen (secondary N) is 1. The second-order valence-electron chi connectivity index (χ2n) is 10.00. The van der Waals surface area contributed by atoms with E-state index in [0.29, 0.717) is 34.3 Å². The highest BCUT2D eigenvalue weighted by Gasteiger charge is 2.73. The third kappa shape index (κ3) is 3.61. The Hall–Kier alpha value is -2.48. The Labute approximate surface area is 206 Å². The minimum atomic E-state index is -0.715. The van der Waals surface area contributed by atoms with Crippen molar-refractivity contribution in [1.82, 2.24) is 10.2 Å². The number of cyclic esters (lactones) is 1.